The molecule has 1 amide bonds. The van der Waals surface area contributed by atoms with Crippen molar-refractivity contribution in [3.63, 3.8) is 0 Å². The second-order valence-electron chi connectivity index (χ2n) is 7.51. The molecule has 1 aromatic carbocycles. The predicted molar refractivity (Wildman–Crippen MR) is 99.3 cm³/mol. The van der Waals surface area contributed by atoms with Gasteiger partial charge in [0, 0.05) is 55.9 Å². The van der Waals surface area contributed by atoms with Gasteiger partial charge in [-0.2, -0.15) is 0 Å². The van der Waals surface area contributed by atoms with Crippen molar-refractivity contribution in [3.8, 4) is 0 Å². The third kappa shape index (κ3) is 2.34. The zero-order chi connectivity index (χ0) is 17.0. The molecule has 2 atom stereocenters. The number of carbonyl (C=O) groups is 1. The molecule has 0 bridgehead atoms. The van der Waals surface area contributed by atoms with Crippen LogP contribution in [-0.4, -0.2) is 66.5 Å². The molecule has 130 valence electrons. The smallest absolute Gasteiger partial charge is 0.230 e. The summed E-state index contributed by atoms with van der Waals surface area (Å²) < 4.78 is 0. The van der Waals surface area contributed by atoms with E-state index in [0.717, 1.165) is 39.1 Å². The van der Waals surface area contributed by atoms with Gasteiger partial charge >= 0.3 is 0 Å². The minimum atomic E-state index is -0.0369. The molecule has 5 heteroatoms. The first kappa shape index (κ1) is 15.2. The standard InChI is InChI=1S/C20H24N4O/c1-23-12-14(20(25)24-7-5-21-6-8-24)9-16-15-3-2-4-17-19(15)13(11-22-17)10-18(16)23/h2-4,9,11,14,18,21-22H,5-8,10,12H2,1H3/t14-,18-/m1/s1. The van der Waals surface area contributed by atoms with E-state index in [-0.39, 0.29) is 11.8 Å². The quantitative estimate of drug-likeness (QED) is 0.829. The molecule has 5 rings (SSSR count). The second kappa shape index (κ2) is 5.71. The van der Waals surface area contributed by atoms with Gasteiger partial charge in [0.15, 0.2) is 0 Å². The van der Waals surface area contributed by atoms with Crippen LogP contribution >= 0.6 is 0 Å². The lowest BCUT2D eigenvalue weighted by Gasteiger charge is -2.41. The Bertz CT molecular complexity index is 862. The van der Waals surface area contributed by atoms with Crippen LogP contribution in [0.2, 0.25) is 0 Å². The number of carbonyl (C=O) groups excluding carboxylic acids is 1. The molecule has 2 aromatic rings. The fraction of sp³-hybridized carbons (Fsp3) is 0.450. The first-order valence-corrected chi connectivity index (χ1v) is 9.23. The monoisotopic (exact) mass is 336 g/mol. The summed E-state index contributed by atoms with van der Waals surface area (Å²) in [6.45, 7) is 4.26. The Labute approximate surface area is 147 Å². The molecule has 0 saturated carbocycles. The van der Waals surface area contributed by atoms with Gasteiger partial charge in [0.1, 0.15) is 0 Å². The van der Waals surface area contributed by atoms with E-state index in [4.69, 9.17) is 0 Å². The maximum Gasteiger partial charge on any atom is 0.230 e. The number of piperazine rings is 1. The van der Waals surface area contributed by atoms with E-state index in [1.807, 2.05) is 4.90 Å². The highest BCUT2D eigenvalue weighted by Crippen LogP contribution is 2.40. The molecule has 1 aromatic heterocycles. The fourth-order valence-corrected chi connectivity index (χ4v) is 4.73. The second-order valence-corrected chi connectivity index (χ2v) is 7.51. The van der Waals surface area contributed by atoms with Crippen LogP contribution < -0.4 is 5.32 Å². The van der Waals surface area contributed by atoms with Gasteiger partial charge in [-0.1, -0.05) is 18.2 Å². The number of rotatable bonds is 1. The van der Waals surface area contributed by atoms with Crippen LogP contribution in [-0.2, 0) is 11.2 Å². The first-order valence-electron chi connectivity index (χ1n) is 9.23. The van der Waals surface area contributed by atoms with Crippen LogP contribution in [0, 0.1) is 5.92 Å². The van der Waals surface area contributed by atoms with E-state index < -0.39 is 0 Å². The maximum absolute atomic E-state index is 13.0. The molecule has 2 aliphatic heterocycles. The maximum atomic E-state index is 13.0. The van der Waals surface area contributed by atoms with Gasteiger partial charge in [0.25, 0.3) is 0 Å². The predicted octanol–water partition coefficient (Wildman–Crippen LogP) is 1.47. The third-order valence-electron chi connectivity index (χ3n) is 6.01. The molecule has 25 heavy (non-hydrogen) atoms. The van der Waals surface area contributed by atoms with Crippen molar-refractivity contribution in [2.75, 3.05) is 39.8 Å². The van der Waals surface area contributed by atoms with E-state index in [2.05, 4.69) is 52.7 Å². The summed E-state index contributed by atoms with van der Waals surface area (Å²) >= 11 is 0. The Morgan fingerprint density at radius 1 is 1.24 bits per heavy atom. The summed E-state index contributed by atoms with van der Waals surface area (Å²) in [6.07, 6.45) is 5.43. The fourth-order valence-electron chi connectivity index (χ4n) is 4.73. The molecule has 1 fully saturated rings. The molecule has 1 aliphatic carbocycles. The lowest BCUT2D eigenvalue weighted by atomic mass is 9.79. The number of fused-ring (bicyclic) bond motifs is 2. The average molecular weight is 336 g/mol. The van der Waals surface area contributed by atoms with E-state index in [1.54, 1.807) is 0 Å². The van der Waals surface area contributed by atoms with Crippen molar-refractivity contribution >= 4 is 22.4 Å². The number of amides is 1. The lowest BCUT2D eigenvalue weighted by Crippen LogP contribution is -2.52. The normalized spacial score (nSPS) is 26.4. The molecular formula is C20H24N4O. The van der Waals surface area contributed by atoms with Gasteiger partial charge in [-0.15, -0.1) is 0 Å². The molecule has 3 heterocycles. The highest BCUT2D eigenvalue weighted by molar-refractivity contribution is 5.99. The summed E-state index contributed by atoms with van der Waals surface area (Å²) in [5, 5.41) is 4.67. The highest BCUT2D eigenvalue weighted by Gasteiger charge is 2.36. The van der Waals surface area contributed by atoms with Crippen LogP contribution in [0.4, 0.5) is 0 Å². The van der Waals surface area contributed by atoms with Gasteiger partial charge in [0.05, 0.1) is 5.92 Å². The van der Waals surface area contributed by atoms with E-state index in [0.29, 0.717) is 6.04 Å². The molecule has 1 saturated heterocycles. The largest absolute Gasteiger partial charge is 0.361 e. The summed E-state index contributed by atoms with van der Waals surface area (Å²) in [7, 11) is 2.16. The molecule has 0 spiro atoms. The Hall–Kier alpha value is -2.11. The van der Waals surface area contributed by atoms with E-state index >= 15 is 0 Å². The van der Waals surface area contributed by atoms with Crippen molar-refractivity contribution in [1.82, 2.24) is 20.1 Å². The van der Waals surface area contributed by atoms with Crippen molar-refractivity contribution in [1.29, 1.82) is 0 Å². The summed E-state index contributed by atoms with van der Waals surface area (Å²) in [5.41, 5.74) is 5.23. The number of hydrogen-bond acceptors (Lipinski definition) is 3. The topological polar surface area (TPSA) is 51.4 Å². The summed E-state index contributed by atoms with van der Waals surface area (Å²) in [6, 6.07) is 6.84. The van der Waals surface area contributed by atoms with E-state index in [1.165, 1.54) is 27.6 Å². The molecule has 5 nitrogen and oxygen atoms in total. The number of nitrogens with one attached hydrogen (secondary N) is 2. The van der Waals surface area contributed by atoms with Crippen molar-refractivity contribution in [2.45, 2.75) is 12.5 Å². The minimum absolute atomic E-state index is 0.0369. The van der Waals surface area contributed by atoms with Gasteiger partial charge in [-0.25, -0.2) is 0 Å². The Balaban J connectivity index is 1.55. The van der Waals surface area contributed by atoms with Gasteiger partial charge in [0.2, 0.25) is 5.91 Å². The highest BCUT2D eigenvalue weighted by atomic mass is 16.2. The number of nitrogens with zero attached hydrogens (tertiary/aromatic N) is 2. The number of hydrogen-bond donors (Lipinski definition) is 2. The number of aromatic amines is 1. The van der Waals surface area contributed by atoms with Gasteiger partial charge in [-0.3, -0.25) is 9.69 Å². The van der Waals surface area contributed by atoms with Crippen LogP contribution in [0.5, 0.6) is 0 Å². The van der Waals surface area contributed by atoms with Crippen LogP contribution in [0.15, 0.2) is 30.5 Å². The Kier molecular flexibility index (Phi) is 3.47. The Morgan fingerprint density at radius 3 is 2.92 bits per heavy atom. The first-order chi connectivity index (χ1) is 12.2. The zero-order valence-electron chi connectivity index (χ0n) is 14.6. The SMILES string of the molecule is CN1C[C@H](C(=O)N2CCNCC2)C=C2c3cccc4[nH]cc(c34)C[C@H]21. The van der Waals surface area contributed by atoms with Crippen LogP contribution in [0.25, 0.3) is 16.5 Å². The number of benzene rings is 1. The molecule has 0 unspecified atom stereocenters. The zero-order valence-corrected chi connectivity index (χ0v) is 14.6. The number of aromatic nitrogens is 1. The van der Waals surface area contributed by atoms with Gasteiger partial charge < -0.3 is 15.2 Å². The van der Waals surface area contributed by atoms with Crippen LogP contribution in [0.1, 0.15) is 11.1 Å². The van der Waals surface area contributed by atoms with Crippen molar-refractivity contribution in [2.24, 2.45) is 5.92 Å². The summed E-state index contributed by atoms with van der Waals surface area (Å²) in [4.78, 5) is 20.8. The molecular weight excluding hydrogens is 312 g/mol. The van der Waals surface area contributed by atoms with Gasteiger partial charge in [-0.05, 0) is 36.2 Å². The van der Waals surface area contributed by atoms with Crippen molar-refractivity contribution < 1.29 is 4.79 Å². The third-order valence-corrected chi connectivity index (χ3v) is 6.01. The molecule has 3 aliphatic rings. The number of H-pyrrole nitrogens is 1. The Morgan fingerprint density at radius 2 is 2.08 bits per heavy atom. The van der Waals surface area contributed by atoms with Crippen LogP contribution in [0.3, 0.4) is 0 Å². The molecule has 0 radical (unpaired) electrons. The number of likely N-dealkylation sites (N-methyl/N-ethyl adjacent to an activating group) is 1. The van der Waals surface area contributed by atoms with Crippen molar-refractivity contribution in [3.05, 3.63) is 41.6 Å². The van der Waals surface area contributed by atoms with E-state index in [9.17, 15) is 4.79 Å². The lowest BCUT2D eigenvalue weighted by molar-refractivity contribution is -0.135. The summed E-state index contributed by atoms with van der Waals surface area (Å²) in [5.74, 6) is 0.247. The average Bonchev–Trinajstić information content (AvgIpc) is 3.07. The minimum Gasteiger partial charge on any atom is -0.361 e. The molecule has 2 N–H and O–H groups in total.